The number of carbonyl (C=O) groups excluding carboxylic acids is 1. The van der Waals surface area contributed by atoms with Crippen LogP contribution in [0.5, 0.6) is 0 Å². The Morgan fingerprint density at radius 2 is 1.82 bits per heavy atom. The first-order valence-electron chi connectivity index (χ1n) is 7.67. The van der Waals surface area contributed by atoms with E-state index >= 15 is 0 Å². The second-order valence-corrected chi connectivity index (χ2v) is 6.00. The van der Waals surface area contributed by atoms with E-state index in [1.54, 1.807) is 31.4 Å². The van der Waals surface area contributed by atoms with Crippen LogP contribution in [0.25, 0.3) is 0 Å². The largest absolute Gasteiger partial charge is 0.481 e. The molecule has 2 N–H and O–H groups in total. The normalized spacial score (nSPS) is 17.0. The van der Waals surface area contributed by atoms with Gasteiger partial charge in [0.1, 0.15) is 0 Å². The number of carboxylic acid groups (broad SMARTS) is 1. The summed E-state index contributed by atoms with van der Waals surface area (Å²) in [5.41, 5.74) is 0.974. The zero-order valence-corrected chi connectivity index (χ0v) is 12.9. The Morgan fingerprint density at radius 3 is 2.36 bits per heavy atom. The molecule has 1 aliphatic rings. The molecular formula is C17H23NO4. The molecule has 0 aromatic heterocycles. The van der Waals surface area contributed by atoms with Crippen molar-refractivity contribution in [3.05, 3.63) is 29.8 Å². The first kappa shape index (κ1) is 16.5. The van der Waals surface area contributed by atoms with Crippen molar-refractivity contribution in [2.24, 2.45) is 5.41 Å². The van der Waals surface area contributed by atoms with E-state index < -0.39 is 11.4 Å². The van der Waals surface area contributed by atoms with Crippen molar-refractivity contribution in [1.29, 1.82) is 0 Å². The number of nitrogens with one attached hydrogen (secondary N) is 1. The number of anilines is 1. The van der Waals surface area contributed by atoms with Gasteiger partial charge >= 0.3 is 5.97 Å². The zero-order chi connectivity index (χ0) is 16.0. The number of ether oxygens (including phenoxy) is 1. The summed E-state index contributed by atoms with van der Waals surface area (Å²) in [6.45, 7) is 0.440. The Bertz CT molecular complexity index is 512. The minimum absolute atomic E-state index is 0.0000320. The summed E-state index contributed by atoms with van der Waals surface area (Å²) in [4.78, 5) is 23.3. The fourth-order valence-corrected chi connectivity index (χ4v) is 3.09. The monoisotopic (exact) mass is 305 g/mol. The average molecular weight is 305 g/mol. The maximum absolute atomic E-state index is 12.7. The Kier molecular flexibility index (Phi) is 5.55. The summed E-state index contributed by atoms with van der Waals surface area (Å²) in [6, 6.07) is 6.96. The number of carbonyl (C=O) groups is 2. The molecular weight excluding hydrogens is 282 g/mol. The highest BCUT2D eigenvalue weighted by molar-refractivity contribution is 5.95. The van der Waals surface area contributed by atoms with Crippen molar-refractivity contribution in [1.82, 2.24) is 0 Å². The van der Waals surface area contributed by atoms with Crippen LogP contribution in [0.3, 0.4) is 0 Å². The summed E-state index contributed by atoms with van der Waals surface area (Å²) >= 11 is 0. The fourth-order valence-electron chi connectivity index (χ4n) is 3.09. The Balaban J connectivity index is 2.04. The van der Waals surface area contributed by atoms with Crippen molar-refractivity contribution >= 4 is 17.6 Å². The molecule has 0 saturated heterocycles. The molecule has 1 amide bonds. The summed E-state index contributed by atoms with van der Waals surface area (Å²) in [7, 11) is 1.63. The van der Waals surface area contributed by atoms with Gasteiger partial charge in [0.2, 0.25) is 5.91 Å². The summed E-state index contributed by atoms with van der Waals surface area (Å²) in [6.07, 6.45) is 4.96. The molecule has 0 unspecified atom stereocenters. The van der Waals surface area contributed by atoms with Crippen LogP contribution in [0.4, 0.5) is 5.69 Å². The van der Waals surface area contributed by atoms with Crippen LogP contribution in [0.1, 0.15) is 37.7 Å². The molecule has 0 bridgehead atoms. The van der Waals surface area contributed by atoms with Gasteiger partial charge in [-0.1, -0.05) is 31.4 Å². The molecule has 22 heavy (non-hydrogen) atoms. The molecule has 1 aromatic carbocycles. The van der Waals surface area contributed by atoms with Crippen molar-refractivity contribution in [2.45, 2.75) is 38.5 Å². The van der Waals surface area contributed by atoms with Crippen LogP contribution in [0, 0.1) is 5.41 Å². The van der Waals surface area contributed by atoms with E-state index in [0.29, 0.717) is 12.3 Å². The second kappa shape index (κ2) is 7.40. The van der Waals surface area contributed by atoms with Gasteiger partial charge in [0.15, 0.2) is 0 Å². The van der Waals surface area contributed by atoms with Crippen LogP contribution >= 0.6 is 0 Å². The third-order valence-corrected chi connectivity index (χ3v) is 4.28. The Labute approximate surface area is 130 Å². The van der Waals surface area contributed by atoms with E-state index in [-0.39, 0.29) is 12.3 Å². The SMILES string of the molecule is COCC1(C(=O)Nc2ccc(CC(=O)O)cc2)CCCCC1. The van der Waals surface area contributed by atoms with E-state index in [9.17, 15) is 9.59 Å². The topological polar surface area (TPSA) is 75.6 Å². The lowest BCUT2D eigenvalue weighted by molar-refractivity contribution is -0.136. The second-order valence-electron chi connectivity index (χ2n) is 6.00. The van der Waals surface area contributed by atoms with E-state index in [1.165, 1.54) is 6.42 Å². The molecule has 0 aliphatic heterocycles. The molecule has 120 valence electrons. The minimum atomic E-state index is -0.863. The summed E-state index contributed by atoms with van der Waals surface area (Å²) in [5, 5.41) is 11.7. The average Bonchev–Trinajstić information content (AvgIpc) is 2.50. The van der Waals surface area contributed by atoms with Crippen molar-refractivity contribution in [3.8, 4) is 0 Å². The number of hydrogen-bond acceptors (Lipinski definition) is 3. The number of rotatable bonds is 6. The van der Waals surface area contributed by atoms with Crippen LogP contribution in [-0.2, 0) is 20.7 Å². The smallest absolute Gasteiger partial charge is 0.307 e. The number of benzene rings is 1. The number of carboxylic acids is 1. The van der Waals surface area contributed by atoms with E-state index in [0.717, 1.165) is 31.2 Å². The highest BCUT2D eigenvalue weighted by Crippen LogP contribution is 2.37. The molecule has 5 nitrogen and oxygen atoms in total. The standard InChI is InChI=1S/C17H23NO4/c1-22-12-17(9-3-2-4-10-17)16(21)18-14-7-5-13(6-8-14)11-15(19)20/h5-8H,2-4,9-12H2,1H3,(H,18,21)(H,19,20). The molecule has 2 rings (SSSR count). The van der Waals surface area contributed by atoms with E-state index in [4.69, 9.17) is 9.84 Å². The van der Waals surface area contributed by atoms with Crippen LogP contribution in [0.15, 0.2) is 24.3 Å². The molecule has 1 aliphatic carbocycles. The van der Waals surface area contributed by atoms with Gasteiger partial charge in [0.05, 0.1) is 18.4 Å². The van der Waals surface area contributed by atoms with E-state index in [1.807, 2.05) is 0 Å². The molecule has 5 heteroatoms. The Morgan fingerprint density at radius 1 is 1.18 bits per heavy atom. The van der Waals surface area contributed by atoms with Crippen LogP contribution in [0.2, 0.25) is 0 Å². The number of hydrogen-bond donors (Lipinski definition) is 2. The third-order valence-electron chi connectivity index (χ3n) is 4.28. The first-order chi connectivity index (χ1) is 10.6. The van der Waals surface area contributed by atoms with Gasteiger partial charge in [0.25, 0.3) is 0 Å². The van der Waals surface area contributed by atoms with Crippen molar-refractivity contribution in [3.63, 3.8) is 0 Å². The predicted octanol–water partition coefficient (Wildman–Crippen LogP) is 2.85. The Hall–Kier alpha value is -1.88. The number of aliphatic carboxylic acids is 1. The van der Waals surface area contributed by atoms with Gasteiger partial charge in [-0.3, -0.25) is 9.59 Å². The maximum Gasteiger partial charge on any atom is 0.307 e. The van der Waals surface area contributed by atoms with Crippen molar-refractivity contribution < 1.29 is 19.4 Å². The van der Waals surface area contributed by atoms with Gasteiger partial charge in [0, 0.05) is 12.8 Å². The highest BCUT2D eigenvalue weighted by Gasteiger charge is 2.39. The van der Waals surface area contributed by atoms with Crippen LogP contribution in [-0.4, -0.2) is 30.7 Å². The fraction of sp³-hybridized carbons (Fsp3) is 0.529. The lowest BCUT2D eigenvalue weighted by Crippen LogP contribution is -2.41. The number of methoxy groups -OCH3 is 1. The molecule has 0 radical (unpaired) electrons. The first-order valence-corrected chi connectivity index (χ1v) is 7.67. The molecule has 1 aromatic rings. The molecule has 0 atom stereocenters. The van der Waals surface area contributed by atoms with Gasteiger partial charge in [-0.15, -0.1) is 0 Å². The third kappa shape index (κ3) is 4.07. The summed E-state index contributed by atoms with van der Waals surface area (Å²) in [5.74, 6) is -0.863. The quantitative estimate of drug-likeness (QED) is 0.847. The predicted molar refractivity (Wildman–Crippen MR) is 83.8 cm³/mol. The molecule has 1 saturated carbocycles. The number of amides is 1. The molecule has 0 spiro atoms. The van der Waals surface area contributed by atoms with Gasteiger partial charge in [-0.05, 0) is 30.5 Å². The lowest BCUT2D eigenvalue weighted by Gasteiger charge is -2.35. The molecule has 0 heterocycles. The summed E-state index contributed by atoms with van der Waals surface area (Å²) < 4.78 is 5.28. The van der Waals surface area contributed by atoms with Gasteiger partial charge in [-0.2, -0.15) is 0 Å². The van der Waals surface area contributed by atoms with Gasteiger partial charge in [-0.25, -0.2) is 0 Å². The van der Waals surface area contributed by atoms with Crippen molar-refractivity contribution in [2.75, 3.05) is 19.0 Å². The van der Waals surface area contributed by atoms with Gasteiger partial charge < -0.3 is 15.2 Å². The maximum atomic E-state index is 12.7. The minimum Gasteiger partial charge on any atom is -0.481 e. The highest BCUT2D eigenvalue weighted by atomic mass is 16.5. The molecule has 1 fully saturated rings. The van der Waals surface area contributed by atoms with Crippen LogP contribution < -0.4 is 5.32 Å². The lowest BCUT2D eigenvalue weighted by atomic mass is 9.74. The van der Waals surface area contributed by atoms with E-state index in [2.05, 4.69) is 5.32 Å². The zero-order valence-electron chi connectivity index (χ0n) is 12.9.